The molecule has 0 spiro atoms. The standard InChI is InChI=1S/C6H10O5S.C5H8O2/c1-5(2)6(7)11-3-4-12(8,9)10;1-3-5(6)7-4-2/h1,3-4H2,2H3,(H,8,9,10);3H,1,4H2,2H3. The predicted molar refractivity (Wildman–Crippen MR) is 69.0 cm³/mol. The van der Waals surface area contributed by atoms with Crippen LogP contribution in [0.1, 0.15) is 13.8 Å². The number of hydrogen-bond acceptors (Lipinski definition) is 6. The molecule has 19 heavy (non-hydrogen) atoms. The predicted octanol–water partition coefficient (Wildman–Crippen LogP) is 0.729. The molecular formula is C11H18O7S. The van der Waals surface area contributed by atoms with Gasteiger partial charge in [0, 0.05) is 11.6 Å². The second kappa shape index (κ2) is 10.3. The molecule has 110 valence electrons. The second-order valence-electron chi connectivity index (χ2n) is 3.16. The van der Waals surface area contributed by atoms with Crippen molar-refractivity contribution in [2.75, 3.05) is 19.0 Å². The Hall–Kier alpha value is -1.67. The second-order valence-corrected chi connectivity index (χ2v) is 4.73. The molecule has 0 amide bonds. The van der Waals surface area contributed by atoms with E-state index < -0.39 is 21.8 Å². The van der Waals surface area contributed by atoms with Crippen LogP contribution in [0.5, 0.6) is 0 Å². The average molecular weight is 294 g/mol. The van der Waals surface area contributed by atoms with E-state index in [9.17, 15) is 18.0 Å². The molecule has 0 saturated carbocycles. The number of ether oxygens (including phenoxy) is 2. The third-order valence-corrected chi connectivity index (χ3v) is 2.06. The van der Waals surface area contributed by atoms with E-state index >= 15 is 0 Å². The molecule has 0 radical (unpaired) electrons. The molecule has 8 heteroatoms. The van der Waals surface area contributed by atoms with E-state index in [2.05, 4.69) is 22.6 Å². The Kier molecular flexibility index (Phi) is 10.6. The first-order chi connectivity index (χ1) is 8.64. The van der Waals surface area contributed by atoms with E-state index in [0.717, 1.165) is 6.08 Å². The molecule has 0 saturated heterocycles. The molecule has 0 fully saturated rings. The number of hydrogen-bond donors (Lipinski definition) is 1. The van der Waals surface area contributed by atoms with Crippen LogP contribution < -0.4 is 0 Å². The summed E-state index contributed by atoms with van der Waals surface area (Å²) < 4.78 is 37.3. The van der Waals surface area contributed by atoms with Crippen LogP contribution in [0.3, 0.4) is 0 Å². The van der Waals surface area contributed by atoms with Crippen LogP contribution in [0.4, 0.5) is 0 Å². The number of esters is 2. The van der Waals surface area contributed by atoms with E-state index in [-0.39, 0.29) is 18.1 Å². The number of carbonyl (C=O) groups is 2. The van der Waals surface area contributed by atoms with Crippen LogP contribution in [0.2, 0.25) is 0 Å². The van der Waals surface area contributed by atoms with Crippen LogP contribution in [0.25, 0.3) is 0 Å². The normalized spacial score (nSPS) is 9.63. The zero-order valence-electron chi connectivity index (χ0n) is 10.9. The quantitative estimate of drug-likeness (QED) is 0.437. The lowest BCUT2D eigenvalue weighted by molar-refractivity contribution is -0.138. The van der Waals surface area contributed by atoms with Crippen molar-refractivity contribution in [2.24, 2.45) is 0 Å². The van der Waals surface area contributed by atoms with Crippen LogP contribution in [-0.2, 0) is 29.2 Å². The lowest BCUT2D eigenvalue weighted by Crippen LogP contribution is -2.14. The Morgan fingerprint density at radius 1 is 1.32 bits per heavy atom. The molecule has 0 aromatic carbocycles. The first-order valence-electron chi connectivity index (χ1n) is 5.21. The zero-order chi connectivity index (χ0) is 15.5. The van der Waals surface area contributed by atoms with Gasteiger partial charge in [-0.3, -0.25) is 4.55 Å². The fourth-order valence-corrected chi connectivity index (χ4v) is 0.858. The van der Waals surface area contributed by atoms with Crippen molar-refractivity contribution in [3.8, 4) is 0 Å². The van der Waals surface area contributed by atoms with Crippen LogP contribution in [-0.4, -0.2) is 43.9 Å². The summed E-state index contributed by atoms with van der Waals surface area (Å²) in [6.45, 7) is 9.74. The van der Waals surface area contributed by atoms with Crippen molar-refractivity contribution in [2.45, 2.75) is 13.8 Å². The van der Waals surface area contributed by atoms with Gasteiger partial charge < -0.3 is 9.47 Å². The molecule has 1 N–H and O–H groups in total. The summed E-state index contributed by atoms with van der Waals surface area (Å²) in [5.74, 6) is -1.62. The van der Waals surface area contributed by atoms with E-state index in [4.69, 9.17) is 4.55 Å². The highest BCUT2D eigenvalue weighted by Crippen LogP contribution is 1.92. The van der Waals surface area contributed by atoms with Gasteiger partial charge in [0.2, 0.25) is 0 Å². The molecule has 0 atom stereocenters. The van der Waals surface area contributed by atoms with Gasteiger partial charge in [0.1, 0.15) is 12.4 Å². The van der Waals surface area contributed by atoms with Gasteiger partial charge in [0.05, 0.1) is 6.61 Å². The SMILES string of the molecule is C=C(C)C(=O)OCCS(=O)(=O)O.C=CC(=O)OCC. The Labute approximate surface area is 112 Å². The van der Waals surface area contributed by atoms with E-state index in [1.165, 1.54) is 6.92 Å². The molecule has 0 aromatic heterocycles. The van der Waals surface area contributed by atoms with E-state index in [1.807, 2.05) is 0 Å². The monoisotopic (exact) mass is 294 g/mol. The summed E-state index contributed by atoms with van der Waals surface area (Å²) in [5, 5.41) is 0. The highest BCUT2D eigenvalue weighted by Gasteiger charge is 2.07. The van der Waals surface area contributed by atoms with Crippen molar-refractivity contribution >= 4 is 22.1 Å². The van der Waals surface area contributed by atoms with Crippen molar-refractivity contribution < 1.29 is 32.0 Å². The molecule has 0 aliphatic carbocycles. The molecule has 0 heterocycles. The van der Waals surface area contributed by atoms with Gasteiger partial charge in [0.25, 0.3) is 10.1 Å². The van der Waals surface area contributed by atoms with Gasteiger partial charge in [-0.2, -0.15) is 8.42 Å². The molecule has 7 nitrogen and oxygen atoms in total. The minimum absolute atomic E-state index is 0.185. The third-order valence-electron chi connectivity index (χ3n) is 1.38. The Balaban J connectivity index is 0. The Morgan fingerprint density at radius 2 is 1.84 bits per heavy atom. The van der Waals surface area contributed by atoms with Gasteiger partial charge in [-0.25, -0.2) is 9.59 Å². The van der Waals surface area contributed by atoms with Crippen LogP contribution >= 0.6 is 0 Å². The zero-order valence-corrected chi connectivity index (χ0v) is 11.7. The average Bonchev–Trinajstić information content (AvgIpc) is 2.28. The lowest BCUT2D eigenvalue weighted by Gasteiger charge is -2.01. The molecule has 0 aromatic rings. The smallest absolute Gasteiger partial charge is 0.333 e. The summed E-state index contributed by atoms with van der Waals surface area (Å²) in [6, 6.07) is 0. The molecule has 0 unspecified atom stereocenters. The summed E-state index contributed by atoms with van der Waals surface area (Å²) >= 11 is 0. The Morgan fingerprint density at radius 3 is 2.11 bits per heavy atom. The van der Waals surface area contributed by atoms with Gasteiger partial charge in [-0.1, -0.05) is 13.2 Å². The van der Waals surface area contributed by atoms with Gasteiger partial charge >= 0.3 is 11.9 Å². The largest absolute Gasteiger partial charge is 0.463 e. The maximum atomic E-state index is 10.6. The van der Waals surface area contributed by atoms with Crippen molar-refractivity contribution in [3.63, 3.8) is 0 Å². The molecular weight excluding hydrogens is 276 g/mol. The van der Waals surface area contributed by atoms with Gasteiger partial charge in [-0.05, 0) is 13.8 Å². The van der Waals surface area contributed by atoms with Gasteiger partial charge in [-0.15, -0.1) is 0 Å². The van der Waals surface area contributed by atoms with Crippen LogP contribution in [0, 0.1) is 0 Å². The molecule has 0 rings (SSSR count). The molecule has 0 bridgehead atoms. The minimum Gasteiger partial charge on any atom is -0.463 e. The fourth-order valence-electron chi connectivity index (χ4n) is 0.564. The van der Waals surface area contributed by atoms with Crippen molar-refractivity contribution in [3.05, 3.63) is 24.8 Å². The van der Waals surface area contributed by atoms with Crippen molar-refractivity contribution in [1.82, 2.24) is 0 Å². The number of carbonyl (C=O) groups excluding carboxylic acids is 2. The topological polar surface area (TPSA) is 107 Å². The van der Waals surface area contributed by atoms with Crippen LogP contribution in [0.15, 0.2) is 24.8 Å². The maximum absolute atomic E-state index is 10.6. The van der Waals surface area contributed by atoms with E-state index in [1.54, 1.807) is 6.92 Å². The maximum Gasteiger partial charge on any atom is 0.333 e. The van der Waals surface area contributed by atoms with Gasteiger partial charge in [0.15, 0.2) is 0 Å². The first-order valence-corrected chi connectivity index (χ1v) is 6.82. The van der Waals surface area contributed by atoms with Crippen molar-refractivity contribution in [1.29, 1.82) is 0 Å². The Bertz CT molecular complexity index is 422. The van der Waals surface area contributed by atoms with E-state index in [0.29, 0.717) is 6.61 Å². The third kappa shape index (κ3) is 16.3. The first kappa shape index (κ1) is 19.7. The summed E-state index contributed by atoms with van der Waals surface area (Å²) in [4.78, 5) is 20.7. The highest BCUT2D eigenvalue weighted by atomic mass is 32.2. The molecule has 0 aliphatic rings. The number of rotatable bonds is 6. The lowest BCUT2D eigenvalue weighted by atomic mass is 10.4. The minimum atomic E-state index is -4.05. The summed E-state index contributed by atoms with van der Waals surface area (Å²) in [7, 11) is -4.05. The summed E-state index contributed by atoms with van der Waals surface area (Å²) in [5.41, 5.74) is 0.185. The molecule has 0 aliphatic heterocycles. The highest BCUT2D eigenvalue weighted by molar-refractivity contribution is 7.85. The fraction of sp³-hybridized carbons (Fsp3) is 0.455. The summed E-state index contributed by atoms with van der Waals surface area (Å²) in [6.07, 6.45) is 1.14.